The third-order valence-corrected chi connectivity index (χ3v) is 7.33. The van der Waals surface area contributed by atoms with Crippen LogP contribution < -0.4 is 0 Å². The van der Waals surface area contributed by atoms with Crippen molar-refractivity contribution in [3.05, 3.63) is 65.0 Å². The van der Waals surface area contributed by atoms with Gasteiger partial charge in [0.25, 0.3) is 0 Å². The van der Waals surface area contributed by atoms with Crippen LogP contribution in [-0.2, 0) is 26.4 Å². The maximum Gasteiger partial charge on any atom is 0.249 e. The van der Waals surface area contributed by atoms with Crippen molar-refractivity contribution in [2.75, 3.05) is 19.8 Å². The highest BCUT2D eigenvalue weighted by atomic mass is 16.7. The summed E-state index contributed by atoms with van der Waals surface area (Å²) in [6.45, 7) is 3.31. The lowest BCUT2D eigenvalue weighted by Gasteiger charge is -2.36. The van der Waals surface area contributed by atoms with Gasteiger partial charge in [-0.2, -0.15) is 0 Å². The zero-order valence-electron chi connectivity index (χ0n) is 18.7. The topological polar surface area (TPSA) is 71.9 Å². The van der Waals surface area contributed by atoms with Gasteiger partial charge in [-0.25, -0.2) is 5.06 Å². The zero-order valence-corrected chi connectivity index (χ0v) is 18.7. The van der Waals surface area contributed by atoms with Crippen molar-refractivity contribution in [3.63, 3.8) is 0 Å². The molecule has 0 spiro atoms. The van der Waals surface area contributed by atoms with Crippen molar-refractivity contribution in [3.8, 4) is 0 Å². The first kappa shape index (κ1) is 21.6. The standard InChI is InChI=1S/C26H32N2O4/c1-18-2-7-22(15-27-18)24-12-13-32-28(24)25(29)21-8-3-19(4-9-21)14-20-5-10-23(11-6-20)26(30)16-31-17-26/h2,5-7,10-11,15,19,21,24,30H,3-4,8-9,12-14,16-17H2,1H3/t19?,21?,24-/m0/s1. The highest BCUT2D eigenvalue weighted by molar-refractivity contribution is 5.78. The highest BCUT2D eigenvalue weighted by Crippen LogP contribution is 2.37. The van der Waals surface area contributed by atoms with Crippen LogP contribution in [0.25, 0.3) is 0 Å². The van der Waals surface area contributed by atoms with Crippen LogP contribution >= 0.6 is 0 Å². The molecule has 0 unspecified atom stereocenters. The number of pyridine rings is 1. The van der Waals surface area contributed by atoms with Crippen LogP contribution in [0, 0.1) is 18.8 Å². The van der Waals surface area contributed by atoms with Crippen molar-refractivity contribution >= 4 is 5.91 Å². The molecule has 1 aromatic heterocycles. The molecule has 2 aromatic rings. The molecule has 1 saturated carbocycles. The first-order valence-corrected chi connectivity index (χ1v) is 11.8. The van der Waals surface area contributed by atoms with Crippen molar-refractivity contribution < 1.29 is 19.5 Å². The fourth-order valence-corrected chi connectivity index (χ4v) is 5.21. The number of hydrogen-bond donors (Lipinski definition) is 1. The Morgan fingerprint density at radius 2 is 1.84 bits per heavy atom. The molecule has 3 heterocycles. The first-order chi connectivity index (χ1) is 15.5. The summed E-state index contributed by atoms with van der Waals surface area (Å²) < 4.78 is 5.15. The SMILES string of the molecule is Cc1ccc([C@@H]2CCON2C(=O)C2CCC(Cc3ccc(C4(O)COC4)cc3)CC2)cn1. The summed E-state index contributed by atoms with van der Waals surface area (Å²) in [5.74, 6) is 0.768. The second-order valence-corrected chi connectivity index (χ2v) is 9.68. The van der Waals surface area contributed by atoms with E-state index in [4.69, 9.17) is 9.57 Å². The molecule has 6 heteroatoms. The molecule has 1 atom stereocenters. The van der Waals surface area contributed by atoms with E-state index >= 15 is 0 Å². The number of aryl methyl sites for hydroxylation is 1. The summed E-state index contributed by atoms with van der Waals surface area (Å²) in [5, 5.41) is 12.0. The number of carbonyl (C=O) groups excluding carboxylic acids is 1. The van der Waals surface area contributed by atoms with Crippen LogP contribution in [0.2, 0.25) is 0 Å². The van der Waals surface area contributed by atoms with Crippen LogP contribution in [0.1, 0.15) is 60.5 Å². The molecule has 2 saturated heterocycles. The molecular weight excluding hydrogens is 404 g/mol. The average Bonchev–Trinajstić information content (AvgIpc) is 3.28. The second-order valence-electron chi connectivity index (χ2n) is 9.68. The Labute approximate surface area is 189 Å². The van der Waals surface area contributed by atoms with E-state index in [0.717, 1.165) is 55.3 Å². The van der Waals surface area contributed by atoms with Crippen molar-refractivity contribution in [1.29, 1.82) is 0 Å². The third-order valence-electron chi connectivity index (χ3n) is 7.33. The fourth-order valence-electron chi connectivity index (χ4n) is 5.21. The van der Waals surface area contributed by atoms with Gasteiger partial charge >= 0.3 is 0 Å². The van der Waals surface area contributed by atoms with Crippen LogP contribution in [0.3, 0.4) is 0 Å². The summed E-state index contributed by atoms with van der Waals surface area (Å²) in [4.78, 5) is 23.4. The summed E-state index contributed by atoms with van der Waals surface area (Å²) >= 11 is 0. The Balaban J connectivity index is 1.15. The molecule has 1 aromatic carbocycles. The van der Waals surface area contributed by atoms with Crippen molar-refractivity contribution in [1.82, 2.24) is 10.0 Å². The Morgan fingerprint density at radius 1 is 1.09 bits per heavy atom. The molecule has 3 fully saturated rings. The Hall–Kier alpha value is -2.28. The molecule has 2 aliphatic heterocycles. The van der Waals surface area contributed by atoms with Gasteiger partial charge < -0.3 is 9.84 Å². The largest absolute Gasteiger partial charge is 0.380 e. The fraction of sp³-hybridized carbons (Fsp3) is 0.538. The predicted octanol–water partition coefficient (Wildman–Crippen LogP) is 3.86. The highest BCUT2D eigenvalue weighted by Gasteiger charge is 2.38. The van der Waals surface area contributed by atoms with Gasteiger partial charge in [0, 0.05) is 24.2 Å². The van der Waals surface area contributed by atoms with Gasteiger partial charge in [0.2, 0.25) is 5.91 Å². The maximum absolute atomic E-state index is 13.2. The molecular formula is C26H32N2O4. The van der Waals surface area contributed by atoms with Crippen LogP contribution in [0.5, 0.6) is 0 Å². The van der Waals surface area contributed by atoms with E-state index in [1.54, 1.807) is 5.06 Å². The number of aromatic nitrogens is 1. The number of amides is 1. The molecule has 170 valence electrons. The third kappa shape index (κ3) is 4.32. The molecule has 1 aliphatic carbocycles. The van der Waals surface area contributed by atoms with Gasteiger partial charge in [-0.15, -0.1) is 0 Å². The Bertz CT molecular complexity index is 931. The molecule has 1 amide bonds. The molecule has 1 N–H and O–H groups in total. The van der Waals surface area contributed by atoms with Crippen LogP contribution in [-0.4, -0.2) is 40.9 Å². The summed E-state index contributed by atoms with van der Waals surface area (Å²) in [6, 6.07) is 12.3. The molecule has 3 aliphatic rings. The molecule has 5 rings (SSSR count). The first-order valence-electron chi connectivity index (χ1n) is 11.8. The summed E-state index contributed by atoms with van der Waals surface area (Å²) in [7, 11) is 0. The van der Waals surface area contributed by atoms with E-state index in [0.29, 0.717) is 25.7 Å². The van der Waals surface area contributed by atoms with Gasteiger partial charge in [0.1, 0.15) is 5.60 Å². The van der Waals surface area contributed by atoms with E-state index in [1.807, 2.05) is 31.3 Å². The number of hydroxylamine groups is 2. The Morgan fingerprint density at radius 3 is 2.47 bits per heavy atom. The van der Waals surface area contributed by atoms with Gasteiger partial charge in [0.15, 0.2) is 0 Å². The molecule has 32 heavy (non-hydrogen) atoms. The number of carbonyl (C=O) groups is 1. The number of benzene rings is 1. The van der Waals surface area contributed by atoms with E-state index in [-0.39, 0.29) is 17.9 Å². The minimum atomic E-state index is -0.804. The molecule has 0 bridgehead atoms. The second kappa shape index (κ2) is 8.93. The van der Waals surface area contributed by atoms with Gasteiger partial charge in [-0.1, -0.05) is 30.3 Å². The normalized spacial score (nSPS) is 27.2. The smallest absolute Gasteiger partial charge is 0.249 e. The van der Waals surface area contributed by atoms with Gasteiger partial charge in [-0.05, 0) is 67.7 Å². The predicted molar refractivity (Wildman–Crippen MR) is 119 cm³/mol. The number of aliphatic hydroxyl groups is 1. The maximum atomic E-state index is 13.2. The van der Waals surface area contributed by atoms with Gasteiger partial charge in [0.05, 0.1) is 25.9 Å². The summed E-state index contributed by atoms with van der Waals surface area (Å²) in [5.41, 5.74) is 3.46. The number of ether oxygens (including phenoxy) is 1. The Kier molecular flexibility index (Phi) is 6.01. The number of nitrogens with zero attached hydrogens (tertiary/aromatic N) is 2. The monoisotopic (exact) mass is 436 g/mol. The van der Waals surface area contributed by atoms with Crippen LogP contribution in [0.4, 0.5) is 0 Å². The lowest BCUT2D eigenvalue weighted by atomic mass is 9.78. The van der Waals surface area contributed by atoms with E-state index < -0.39 is 5.60 Å². The quantitative estimate of drug-likeness (QED) is 0.771. The van der Waals surface area contributed by atoms with E-state index in [1.165, 1.54) is 5.56 Å². The minimum Gasteiger partial charge on any atom is -0.380 e. The summed E-state index contributed by atoms with van der Waals surface area (Å²) in [6.07, 6.45) is 7.65. The lowest BCUT2D eigenvalue weighted by molar-refractivity contribution is -0.184. The number of rotatable bonds is 5. The van der Waals surface area contributed by atoms with E-state index in [2.05, 4.69) is 23.2 Å². The number of hydrogen-bond acceptors (Lipinski definition) is 5. The molecule has 6 nitrogen and oxygen atoms in total. The molecule has 0 radical (unpaired) electrons. The van der Waals surface area contributed by atoms with E-state index in [9.17, 15) is 9.90 Å². The van der Waals surface area contributed by atoms with Gasteiger partial charge in [-0.3, -0.25) is 14.6 Å². The van der Waals surface area contributed by atoms with Crippen molar-refractivity contribution in [2.24, 2.45) is 11.8 Å². The minimum absolute atomic E-state index is 0.0253. The van der Waals surface area contributed by atoms with Crippen LogP contribution in [0.15, 0.2) is 42.6 Å². The average molecular weight is 437 g/mol. The zero-order chi connectivity index (χ0) is 22.1. The van der Waals surface area contributed by atoms with Crippen molar-refractivity contribution in [2.45, 2.75) is 57.1 Å². The lowest BCUT2D eigenvalue weighted by Crippen LogP contribution is -2.46.